The molecule has 0 aromatic rings. The average Bonchev–Trinajstić information content (AvgIpc) is 2.40. The minimum atomic E-state index is -0.731. The smallest absolute Gasteiger partial charge is 0.303 e. The maximum absolute atomic E-state index is 12.1. The van der Waals surface area contributed by atoms with Gasteiger partial charge in [0, 0.05) is 45.7 Å². The number of aliphatic carboxylic acids is 1. The standard InChI is InChI=1S/C13H23N3O3/c17-12(10-15-7-3-14-4-8-15)16-5-1-11(2-6-16)9-13(18)19/h11,14H,1-10H2,(H,18,19). The normalized spacial score (nSPS) is 22.4. The molecule has 0 spiro atoms. The first-order chi connectivity index (χ1) is 9.15. The minimum Gasteiger partial charge on any atom is -0.481 e. The summed E-state index contributed by atoms with van der Waals surface area (Å²) in [6.07, 6.45) is 1.87. The van der Waals surface area contributed by atoms with Crippen LogP contribution in [0, 0.1) is 5.92 Å². The van der Waals surface area contributed by atoms with E-state index in [0.29, 0.717) is 19.6 Å². The number of piperidine rings is 1. The molecule has 6 heteroatoms. The first-order valence-corrected chi connectivity index (χ1v) is 7.08. The van der Waals surface area contributed by atoms with Crippen molar-refractivity contribution in [3.63, 3.8) is 0 Å². The third kappa shape index (κ3) is 4.47. The molecule has 108 valence electrons. The van der Waals surface area contributed by atoms with Crippen molar-refractivity contribution in [2.45, 2.75) is 19.3 Å². The fourth-order valence-corrected chi connectivity index (χ4v) is 2.79. The first kappa shape index (κ1) is 14.3. The lowest BCUT2D eigenvalue weighted by Gasteiger charge is -2.34. The Hall–Kier alpha value is -1.14. The zero-order valence-electron chi connectivity index (χ0n) is 11.3. The Balaban J connectivity index is 1.71. The van der Waals surface area contributed by atoms with Crippen LogP contribution in [0.15, 0.2) is 0 Å². The van der Waals surface area contributed by atoms with Crippen molar-refractivity contribution in [2.24, 2.45) is 5.92 Å². The quantitative estimate of drug-likeness (QED) is 0.727. The van der Waals surface area contributed by atoms with Gasteiger partial charge in [0.1, 0.15) is 0 Å². The van der Waals surface area contributed by atoms with Gasteiger partial charge in [-0.1, -0.05) is 0 Å². The van der Waals surface area contributed by atoms with Gasteiger partial charge in [-0.05, 0) is 18.8 Å². The Bertz CT molecular complexity index is 321. The van der Waals surface area contributed by atoms with E-state index < -0.39 is 5.97 Å². The molecule has 2 aliphatic rings. The summed E-state index contributed by atoms with van der Waals surface area (Å²) in [5, 5.41) is 12.0. The predicted octanol–water partition coefficient (Wildman–Crippen LogP) is -0.395. The number of carboxylic acid groups (broad SMARTS) is 1. The van der Waals surface area contributed by atoms with E-state index in [4.69, 9.17) is 5.11 Å². The number of rotatable bonds is 4. The van der Waals surface area contributed by atoms with Gasteiger partial charge in [-0.15, -0.1) is 0 Å². The van der Waals surface area contributed by atoms with E-state index in [-0.39, 0.29) is 18.2 Å². The maximum Gasteiger partial charge on any atom is 0.303 e. The Morgan fingerprint density at radius 3 is 2.32 bits per heavy atom. The largest absolute Gasteiger partial charge is 0.481 e. The number of amides is 1. The van der Waals surface area contributed by atoms with E-state index in [9.17, 15) is 9.59 Å². The monoisotopic (exact) mass is 269 g/mol. The van der Waals surface area contributed by atoms with Gasteiger partial charge < -0.3 is 15.3 Å². The van der Waals surface area contributed by atoms with Gasteiger partial charge in [0.15, 0.2) is 0 Å². The van der Waals surface area contributed by atoms with Crippen molar-refractivity contribution in [3.05, 3.63) is 0 Å². The fraction of sp³-hybridized carbons (Fsp3) is 0.846. The molecule has 2 heterocycles. The van der Waals surface area contributed by atoms with Crippen LogP contribution in [0.2, 0.25) is 0 Å². The van der Waals surface area contributed by atoms with Gasteiger partial charge >= 0.3 is 5.97 Å². The summed E-state index contributed by atoms with van der Waals surface area (Å²) in [4.78, 5) is 26.9. The number of hydrogen-bond acceptors (Lipinski definition) is 4. The second-order valence-electron chi connectivity index (χ2n) is 5.45. The van der Waals surface area contributed by atoms with Crippen molar-refractivity contribution >= 4 is 11.9 Å². The molecular formula is C13H23N3O3. The summed E-state index contributed by atoms with van der Waals surface area (Å²) in [5.74, 6) is -0.304. The van der Waals surface area contributed by atoms with Crippen molar-refractivity contribution in [3.8, 4) is 0 Å². The van der Waals surface area contributed by atoms with Gasteiger partial charge in [-0.25, -0.2) is 0 Å². The highest BCUT2D eigenvalue weighted by atomic mass is 16.4. The van der Waals surface area contributed by atoms with Crippen LogP contribution >= 0.6 is 0 Å². The number of carbonyl (C=O) groups is 2. The van der Waals surface area contributed by atoms with Crippen LogP contribution in [0.3, 0.4) is 0 Å². The van der Waals surface area contributed by atoms with E-state index >= 15 is 0 Å². The minimum absolute atomic E-state index is 0.190. The van der Waals surface area contributed by atoms with Crippen LogP contribution in [-0.2, 0) is 9.59 Å². The lowest BCUT2D eigenvalue weighted by atomic mass is 9.93. The molecule has 0 bridgehead atoms. The summed E-state index contributed by atoms with van der Waals surface area (Å²) >= 11 is 0. The number of piperazine rings is 1. The summed E-state index contributed by atoms with van der Waals surface area (Å²) in [7, 11) is 0. The summed E-state index contributed by atoms with van der Waals surface area (Å²) in [5.41, 5.74) is 0. The van der Waals surface area contributed by atoms with Crippen LogP contribution in [0.4, 0.5) is 0 Å². The van der Waals surface area contributed by atoms with E-state index in [1.165, 1.54) is 0 Å². The lowest BCUT2D eigenvalue weighted by molar-refractivity contribution is -0.138. The molecule has 6 nitrogen and oxygen atoms in total. The zero-order chi connectivity index (χ0) is 13.7. The molecule has 0 atom stereocenters. The molecule has 0 unspecified atom stereocenters. The third-order valence-corrected chi connectivity index (χ3v) is 4.00. The van der Waals surface area contributed by atoms with E-state index in [0.717, 1.165) is 39.0 Å². The second-order valence-corrected chi connectivity index (χ2v) is 5.45. The van der Waals surface area contributed by atoms with Gasteiger partial charge in [0.05, 0.1) is 6.54 Å². The molecule has 2 fully saturated rings. The zero-order valence-corrected chi connectivity index (χ0v) is 11.3. The third-order valence-electron chi connectivity index (χ3n) is 4.00. The summed E-state index contributed by atoms with van der Waals surface area (Å²) in [6.45, 7) is 5.70. The molecule has 2 rings (SSSR count). The molecule has 2 N–H and O–H groups in total. The van der Waals surface area contributed by atoms with Crippen LogP contribution < -0.4 is 5.32 Å². The SMILES string of the molecule is O=C(O)CC1CCN(C(=O)CN2CCNCC2)CC1. The predicted molar refractivity (Wildman–Crippen MR) is 70.9 cm³/mol. The molecular weight excluding hydrogens is 246 g/mol. The first-order valence-electron chi connectivity index (χ1n) is 7.08. The summed E-state index contributed by atoms with van der Waals surface area (Å²) < 4.78 is 0. The summed E-state index contributed by atoms with van der Waals surface area (Å²) in [6, 6.07) is 0. The molecule has 19 heavy (non-hydrogen) atoms. The number of carboxylic acids is 1. The van der Waals surface area contributed by atoms with Crippen LogP contribution in [0.5, 0.6) is 0 Å². The maximum atomic E-state index is 12.1. The second kappa shape index (κ2) is 6.86. The van der Waals surface area contributed by atoms with Gasteiger partial charge in [0.2, 0.25) is 5.91 Å². The number of hydrogen-bond donors (Lipinski definition) is 2. The topological polar surface area (TPSA) is 72.9 Å². The van der Waals surface area contributed by atoms with Gasteiger partial charge in [-0.2, -0.15) is 0 Å². The number of nitrogens with zero attached hydrogens (tertiary/aromatic N) is 2. The Morgan fingerprint density at radius 2 is 1.74 bits per heavy atom. The van der Waals surface area contributed by atoms with Crippen LogP contribution in [0.25, 0.3) is 0 Å². The molecule has 2 saturated heterocycles. The Labute approximate surface area is 113 Å². The van der Waals surface area contributed by atoms with E-state index in [2.05, 4.69) is 10.2 Å². The number of likely N-dealkylation sites (tertiary alicyclic amines) is 1. The van der Waals surface area contributed by atoms with E-state index in [1.54, 1.807) is 0 Å². The number of carbonyl (C=O) groups excluding carboxylic acids is 1. The highest BCUT2D eigenvalue weighted by molar-refractivity contribution is 5.78. The fourth-order valence-electron chi connectivity index (χ4n) is 2.79. The van der Waals surface area contributed by atoms with Crippen molar-refractivity contribution in [1.82, 2.24) is 15.1 Å². The number of nitrogens with one attached hydrogen (secondary N) is 1. The van der Waals surface area contributed by atoms with Crippen molar-refractivity contribution in [2.75, 3.05) is 45.8 Å². The van der Waals surface area contributed by atoms with Crippen LogP contribution in [-0.4, -0.2) is 72.6 Å². The van der Waals surface area contributed by atoms with Crippen molar-refractivity contribution in [1.29, 1.82) is 0 Å². The molecule has 0 aromatic carbocycles. The highest BCUT2D eigenvalue weighted by Gasteiger charge is 2.25. The van der Waals surface area contributed by atoms with Gasteiger partial charge in [0.25, 0.3) is 0 Å². The molecule has 0 aliphatic carbocycles. The van der Waals surface area contributed by atoms with Crippen molar-refractivity contribution < 1.29 is 14.7 Å². The molecule has 2 aliphatic heterocycles. The Morgan fingerprint density at radius 1 is 1.11 bits per heavy atom. The van der Waals surface area contributed by atoms with Crippen LogP contribution in [0.1, 0.15) is 19.3 Å². The molecule has 0 aromatic heterocycles. The molecule has 0 radical (unpaired) electrons. The van der Waals surface area contributed by atoms with E-state index in [1.807, 2.05) is 4.90 Å². The Kier molecular flexibility index (Phi) is 5.15. The average molecular weight is 269 g/mol. The lowest BCUT2D eigenvalue weighted by Crippen LogP contribution is -2.49. The molecule has 1 amide bonds. The molecule has 0 saturated carbocycles. The van der Waals surface area contributed by atoms with Gasteiger partial charge in [-0.3, -0.25) is 14.5 Å². The highest BCUT2D eigenvalue weighted by Crippen LogP contribution is 2.20.